The van der Waals surface area contributed by atoms with Crippen molar-refractivity contribution < 1.29 is 14.3 Å². The topological polar surface area (TPSA) is 43.4 Å². The molecule has 0 saturated carbocycles. The SMILES string of the molecule is CCCCCC1CC(=O)OC1=O. The number of esters is 2. The number of hydrogen-bond acceptors (Lipinski definition) is 3. The second kappa shape index (κ2) is 4.24. The first-order chi connectivity index (χ1) is 5.74. The highest BCUT2D eigenvalue weighted by molar-refractivity contribution is 5.94. The van der Waals surface area contributed by atoms with Gasteiger partial charge in [-0.15, -0.1) is 0 Å². The molecule has 1 saturated heterocycles. The highest BCUT2D eigenvalue weighted by Crippen LogP contribution is 2.21. The Bertz CT molecular complexity index is 186. The largest absolute Gasteiger partial charge is 0.393 e. The molecular formula is C9H14O3. The molecular weight excluding hydrogens is 156 g/mol. The minimum Gasteiger partial charge on any atom is -0.393 e. The average Bonchev–Trinajstić information content (AvgIpc) is 2.31. The summed E-state index contributed by atoms with van der Waals surface area (Å²) in [6.07, 6.45) is 4.37. The molecule has 0 radical (unpaired) electrons. The Balaban J connectivity index is 2.24. The predicted octanol–water partition coefficient (Wildman–Crippen LogP) is 1.66. The molecule has 0 aliphatic carbocycles. The minimum absolute atomic E-state index is 0.149. The maximum absolute atomic E-state index is 10.9. The fourth-order valence-electron chi connectivity index (χ4n) is 1.38. The van der Waals surface area contributed by atoms with Gasteiger partial charge >= 0.3 is 11.9 Å². The summed E-state index contributed by atoms with van der Waals surface area (Å²) in [5, 5.41) is 0. The summed E-state index contributed by atoms with van der Waals surface area (Å²) in [4.78, 5) is 21.6. The third-order valence-electron chi connectivity index (χ3n) is 2.12. The van der Waals surface area contributed by atoms with E-state index in [1.165, 1.54) is 0 Å². The predicted molar refractivity (Wildman–Crippen MR) is 43.3 cm³/mol. The zero-order chi connectivity index (χ0) is 8.97. The Labute approximate surface area is 72.1 Å². The van der Waals surface area contributed by atoms with E-state index in [4.69, 9.17) is 0 Å². The zero-order valence-corrected chi connectivity index (χ0v) is 7.34. The molecule has 1 aliphatic rings. The maximum Gasteiger partial charge on any atom is 0.317 e. The third kappa shape index (κ3) is 2.32. The molecule has 1 rings (SSSR count). The van der Waals surface area contributed by atoms with Gasteiger partial charge in [0, 0.05) is 0 Å². The van der Waals surface area contributed by atoms with Crippen molar-refractivity contribution in [3.8, 4) is 0 Å². The molecule has 3 heteroatoms. The van der Waals surface area contributed by atoms with Crippen LogP contribution < -0.4 is 0 Å². The molecule has 1 unspecified atom stereocenters. The molecule has 0 aromatic heterocycles. The lowest BCUT2D eigenvalue weighted by Crippen LogP contribution is -2.06. The van der Waals surface area contributed by atoms with Gasteiger partial charge in [0.2, 0.25) is 0 Å². The van der Waals surface area contributed by atoms with Crippen LogP contribution in [-0.4, -0.2) is 11.9 Å². The van der Waals surface area contributed by atoms with E-state index in [0.717, 1.165) is 25.7 Å². The fourth-order valence-corrected chi connectivity index (χ4v) is 1.38. The van der Waals surface area contributed by atoms with E-state index >= 15 is 0 Å². The van der Waals surface area contributed by atoms with Gasteiger partial charge in [-0.25, -0.2) is 0 Å². The molecule has 0 aromatic rings. The number of ether oxygens (including phenoxy) is 1. The third-order valence-corrected chi connectivity index (χ3v) is 2.12. The summed E-state index contributed by atoms with van der Waals surface area (Å²) in [7, 11) is 0. The van der Waals surface area contributed by atoms with Crippen molar-refractivity contribution in [2.75, 3.05) is 0 Å². The Hall–Kier alpha value is -0.860. The van der Waals surface area contributed by atoms with Crippen LogP contribution in [0.3, 0.4) is 0 Å². The van der Waals surface area contributed by atoms with Crippen LogP contribution in [0, 0.1) is 5.92 Å². The summed E-state index contributed by atoms with van der Waals surface area (Å²) < 4.78 is 4.43. The van der Waals surface area contributed by atoms with Crippen molar-refractivity contribution in [2.45, 2.75) is 39.0 Å². The summed E-state index contributed by atoms with van der Waals surface area (Å²) >= 11 is 0. The van der Waals surface area contributed by atoms with E-state index in [1.54, 1.807) is 0 Å². The van der Waals surface area contributed by atoms with Crippen LogP contribution in [0.2, 0.25) is 0 Å². The minimum atomic E-state index is -0.360. The van der Waals surface area contributed by atoms with Crippen molar-refractivity contribution in [2.24, 2.45) is 5.92 Å². The number of cyclic esters (lactones) is 2. The zero-order valence-electron chi connectivity index (χ0n) is 7.34. The second-order valence-electron chi connectivity index (χ2n) is 3.19. The first-order valence-corrected chi connectivity index (χ1v) is 4.48. The lowest BCUT2D eigenvalue weighted by molar-refractivity contribution is -0.153. The summed E-state index contributed by atoms with van der Waals surface area (Å²) in [5.74, 6) is -0.832. The van der Waals surface area contributed by atoms with Gasteiger partial charge in [-0.05, 0) is 6.42 Å². The van der Waals surface area contributed by atoms with Crippen LogP contribution in [0.15, 0.2) is 0 Å². The van der Waals surface area contributed by atoms with E-state index in [0.29, 0.717) is 6.42 Å². The number of hydrogen-bond donors (Lipinski definition) is 0. The molecule has 3 nitrogen and oxygen atoms in total. The van der Waals surface area contributed by atoms with Gasteiger partial charge in [0.1, 0.15) is 0 Å². The number of rotatable bonds is 4. The average molecular weight is 170 g/mol. The molecule has 1 fully saturated rings. The molecule has 1 atom stereocenters. The van der Waals surface area contributed by atoms with Crippen LogP contribution in [0.5, 0.6) is 0 Å². The van der Waals surface area contributed by atoms with Crippen LogP contribution in [0.4, 0.5) is 0 Å². The van der Waals surface area contributed by atoms with Crippen LogP contribution in [-0.2, 0) is 14.3 Å². The van der Waals surface area contributed by atoms with Crippen molar-refractivity contribution in [1.29, 1.82) is 0 Å². The Morgan fingerprint density at radius 2 is 2.17 bits per heavy atom. The first kappa shape index (κ1) is 9.23. The summed E-state index contributed by atoms with van der Waals surface area (Å²) in [6.45, 7) is 2.11. The van der Waals surface area contributed by atoms with E-state index < -0.39 is 0 Å². The van der Waals surface area contributed by atoms with Crippen LogP contribution >= 0.6 is 0 Å². The van der Waals surface area contributed by atoms with Gasteiger partial charge < -0.3 is 4.74 Å². The molecule has 0 aromatic carbocycles. The van der Waals surface area contributed by atoms with Crippen LogP contribution in [0.1, 0.15) is 39.0 Å². The van der Waals surface area contributed by atoms with Gasteiger partial charge in [0.25, 0.3) is 0 Å². The highest BCUT2D eigenvalue weighted by atomic mass is 16.6. The van der Waals surface area contributed by atoms with E-state index in [1.807, 2.05) is 0 Å². The molecule has 0 N–H and O–H groups in total. The van der Waals surface area contributed by atoms with Gasteiger partial charge in [-0.1, -0.05) is 26.2 Å². The highest BCUT2D eigenvalue weighted by Gasteiger charge is 2.32. The first-order valence-electron chi connectivity index (χ1n) is 4.48. The van der Waals surface area contributed by atoms with E-state index in [9.17, 15) is 9.59 Å². The fraction of sp³-hybridized carbons (Fsp3) is 0.778. The lowest BCUT2D eigenvalue weighted by Gasteiger charge is -2.01. The van der Waals surface area contributed by atoms with Crippen molar-refractivity contribution in [3.05, 3.63) is 0 Å². The molecule has 0 bridgehead atoms. The summed E-state index contributed by atoms with van der Waals surface area (Å²) in [6, 6.07) is 0. The number of carbonyl (C=O) groups is 2. The van der Waals surface area contributed by atoms with Gasteiger partial charge in [0.15, 0.2) is 0 Å². The van der Waals surface area contributed by atoms with Gasteiger partial charge in [-0.3, -0.25) is 9.59 Å². The van der Waals surface area contributed by atoms with Crippen molar-refractivity contribution >= 4 is 11.9 Å². The molecule has 68 valence electrons. The Kier molecular flexibility index (Phi) is 3.26. The normalized spacial score (nSPS) is 22.9. The van der Waals surface area contributed by atoms with Crippen molar-refractivity contribution in [3.63, 3.8) is 0 Å². The number of carbonyl (C=O) groups excluding carboxylic acids is 2. The maximum atomic E-state index is 10.9. The summed E-state index contributed by atoms with van der Waals surface area (Å²) in [5.41, 5.74) is 0. The van der Waals surface area contributed by atoms with E-state index in [-0.39, 0.29) is 17.9 Å². The van der Waals surface area contributed by atoms with Gasteiger partial charge in [0.05, 0.1) is 12.3 Å². The van der Waals surface area contributed by atoms with Crippen molar-refractivity contribution in [1.82, 2.24) is 0 Å². The van der Waals surface area contributed by atoms with Gasteiger partial charge in [-0.2, -0.15) is 0 Å². The van der Waals surface area contributed by atoms with E-state index in [2.05, 4.69) is 11.7 Å². The lowest BCUT2D eigenvalue weighted by atomic mass is 10.0. The molecule has 12 heavy (non-hydrogen) atoms. The second-order valence-corrected chi connectivity index (χ2v) is 3.19. The molecule has 1 heterocycles. The Morgan fingerprint density at radius 1 is 1.42 bits per heavy atom. The monoisotopic (exact) mass is 170 g/mol. The Morgan fingerprint density at radius 3 is 2.67 bits per heavy atom. The molecule has 1 aliphatic heterocycles. The standard InChI is InChI=1S/C9H14O3/c1-2-3-4-5-7-6-8(10)12-9(7)11/h7H,2-6H2,1H3. The van der Waals surface area contributed by atoms with Crippen LogP contribution in [0.25, 0.3) is 0 Å². The molecule has 0 amide bonds. The molecule has 0 spiro atoms. The number of unbranched alkanes of at least 4 members (excludes halogenated alkanes) is 2. The quantitative estimate of drug-likeness (QED) is 0.366. The smallest absolute Gasteiger partial charge is 0.317 e.